The van der Waals surface area contributed by atoms with E-state index in [4.69, 9.17) is 0 Å². The van der Waals surface area contributed by atoms with E-state index in [0.29, 0.717) is 22.7 Å². The molecular formula is C18H17FN6O2S2. The molecule has 11 heteroatoms. The zero-order chi connectivity index (χ0) is 20.6. The van der Waals surface area contributed by atoms with Crippen molar-refractivity contribution in [3.8, 4) is 0 Å². The van der Waals surface area contributed by atoms with Gasteiger partial charge in [0.05, 0.1) is 17.9 Å². The first kappa shape index (κ1) is 20.7. The molecule has 0 unspecified atom stereocenters. The highest BCUT2D eigenvalue weighted by Crippen LogP contribution is 2.18. The lowest BCUT2D eigenvalue weighted by Gasteiger charge is -2.09. The Morgan fingerprint density at radius 1 is 1.31 bits per heavy atom. The van der Waals surface area contributed by atoms with Crippen LogP contribution in [0, 0.1) is 5.82 Å². The van der Waals surface area contributed by atoms with E-state index in [1.165, 1.54) is 41.3 Å². The van der Waals surface area contributed by atoms with Crippen molar-refractivity contribution < 1.29 is 14.0 Å². The smallest absolute Gasteiger partial charge is 0.254 e. The second-order valence-corrected chi connectivity index (χ2v) is 7.47. The van der Waals surface area contributed by atoms with Gasteiger partial charge >= 0.3 is 0 Å². The molecule has 0 radical (unpaired) electrons. The molecule has 0 bridgehead atoms. The summed E-state index contributed by atoms with van der Waals surface area (Å²) in [7, 11) is 0. The van der Waals surface area contributed by atoms with E-state index in [1.807, 2.05) is 0 Å². The molecule has 0 fully saturated rings. The molecule has 0 saturated heterocycles. The highest BCUT2D eigenvalue weighted by Gasteiger charge is 2.16. The Morgan fingerprint density at radius 3 is 2.86 bits per heavy atom. The third kappa shape index (κ3) is 5.48. The lowest BCUT2D eigenvalue weighted by Crippen LogP contribution is -2.25. The van der Waals surface area contributed by atoms with Crippen LogP contribution in [0.5, 0.6) is 0 Å². The maximum atomic E-state index is 13.7. The summed E-state index contributed by atoms with van der Waals surface area (Å²) < 4.78 is 15.5. The van der Waals surface area contributed by atoms with Gasteiger partial charge in [0, 0.05) is 18.1 Å². The summed E-state index contributed by atoms with van der Waals surface area (Å²) in [5.41, 5.74) is -0.0456. The quantitative estimate of drug-likeness (QED) is 0.398. The SMILES string of the molecule is C=CCn1c(CNC(=O)c2ccccc2F)nnc1SCC(=O)Nc1nccs1. The monoisotopic (exact) mass is 432 g/mol. The number of rotatable bonds is 9. The number of nitrogens with one attached hydrogen (secondary N) is 2. The molecule has 3 rings (SSSR count). The van der Waals surface area contributed by atoms with Crippen molar-refractivity contribution in [2.45, 2.75) is 18.2 Å². The number of benzene rings is 1. The van der Waals surface area contributed by atoms with Crippen LogP contribution >= 0.6 is 23.1 Å². The average molecular weight is 433 g/mol. The summed E-state index contributed by atoms with van der Waals surface area (Å²) in [5.74, 6) is -0.769. The molecule has 0 spiro atoms. The maximum absolute atomic E-state index is 13.7. The Balaban J connectivity index is 1.62. The first-order chi connectivity index (χ1) is 14.1. The predicted molar refractivity (Wildman–Crippen MR) is 109 cm³/mol. The van der Waals surface area contributed by atoms with Crippen molar-refractivity contribution in [3.05, 3.63) is 65.7 Å². The molecule has 0 saturated carbocycles. The minimum Gasteiger partial charge on any atom is -0.345 e. The van der Waals surface area contributed by atoms with Gasteiger partial charge in [-0.2, -0.15) is 0 Å². The Bertz CT molecular complexity index is 1010. The first-order valence-corrected chi connectivity index (χ1v) is 10.3. The first-order valence-electron chi connectivity index (χ1n) is 8.46. The van der Waals surface area contributed by atoms with Crippen molar-refractivity contribution in [2.75, 3.05) is 11.1 Å². The molecule has 0 aliphatic rings. The van der Waals surface area contributed by atoms with E-state index in [1.54, 1.807) is 28.3 Å². The van der Waals surface area contributed by atoms with Crippen LogP contribution in [0.15, 0.2) is 53.7 Å². The van der Waals surface area contributed by atoms with E-state index in [9.17, 15) is 14.0 Å². The van der Waals surface area contributed by atoms with Crippen molar-refractivity contribution >= 4 is 40.0 Å². The second kappa shape index (κ2) is 9.94. The third-order valence-corrected chi connectivity index (χ3v) is 5.30. The summed E-state index contributed by atoms with van der Waals surface area (Å²) in [6, 6.07) is 5.73. The largest absolute Gasteiger partial charge is 0.345 e. The minimum atomic E-state index is -0.597. The summed E-state index contributed by atoms with van der Waals surface area (Å²) in [4.78, 5) is 28.2. The van der Waals surface area contributed by atoms with Gasteiger partial charge in [0.15, 0.2) is 16.1 Å². The molecule has 8 nitrogen and oxygen atoms in total. The fraction of sp³-hybridized carbons (Fsp3) is 0.167. The highest BCUT2D eigenvalue weighted by atomic mass is 32.2. The van der Waals surface area contributed by atoms with Gasteiger partial charge in [-0.3, -0.25) is 9.59 Å². The fourth-order valence-electron chi connectivity index (χ4n) is 2.34. The van der Waals surface area contributed by atoms with Crippen LogP contribution in [-0.4, -0.2) is 37.3 Å². The van der Waals surface area contributed by atoms with Crippen LogP contribution in [0.1, 0.15) is 16.2 Å². The minimum absolute atomic E-state index is 0.0456. The van der Waals surface area contributed by atoms with Gasteiger partial charge in [0.2, 0.25) is 5.91 Å². The van der Waals surface area contributed by atoms with Crippen LogP contribution in [0.3, 0.4) is 0 Å². The van der Waals surface area contributed by atoms with Crippen LogP contribution in [0.25, 0.3) is 0 Å². The molecule has 29 heavy (non-hydrogen) atoms. The van der Waals surface area contributed by atoms with Crippen LogP contribution in [0.2, 0.25) is 0 Å². The number of halogens is 1. The van der Waals surface area contributed by atoms with Gasteiger partial charge in [-0.25, -0.2) is 9.37 Å². The molecule has 0 atom stereocenters. The van der Waals surface area contributed by atoms with E-state index >= 15 is 0 Å². The Hall–Kier alpha value is -3.05. The number of hydrogen-bond donors (Lipinski definition) is 2. The molecule has 150 valence electrons. The van der Waals surface area contributed by atoms with Crippen molar-refractivity contribution in [1.82, 2.24) is 25.1 Å². The number of nitrogens with zero attached hydrogens (tertiary/aromatic N) is 4. The number of carbonyl (C=O) groups is 2. The Kier molecular flexibility index (Phi) is 7.09. The Morgan fingerprint density at radius 2 is 2.14 bits per heavy atom. The number of thiazole rings is 1. The van der Waals surface area contributed by atoms with Gasteiger partial charge in [-0.05, 0) is 12.1 Å². The van der Waals surface area contributed by atoms with Gasteiger partial charge in [0.25, 0.3) is 5.91 Å². The molecule has 0 aliphatic heterocycles. The lowest BCUT2D eigenvalue weighted by molar-refractivity contribution is -0.113. The summed E-state index contributed by atoms with van der Waals surface area (Å²) in [6.45, 7) is 4.16. The van der Waals surface area contributed by atoms with Gasteiger partial charge in [-0.1, -0.05) is 30.0 Å². The van der Waals surface area contributed by atoms with E-state index < -0.39 is 11.7 Å². The number of anilines is 1. The average Bonchev–Trinajstić information content (AvgIpc) is 3.35. The molecule has 2 heterocycles. The molecule has 2 N–H and O–H groups in total. The molecular weight excluding hydrogens is 415 g/mol. The number of aromatic nitrogens is 4. The van der Waals surface area contributed by atoms with E-state index in [2.05, 4.69) is 32.4 Å². The molecule has 2 amide bonds. The predicted octanol–water partition coefficient (Wildman–Crippen LogP) is 2.72. The maximum Gasteiger partial charge on any atom is 0.254 e. The molecule has 2 aromatic heterocycles. The van der Waals surface area contributed by atoms with Gasteiger partial charge in [-0.15, -0.1) is 28.1 Å². The van der Waals surface area contributed by atoms with Crippen molar-refractivity contribution in [3.63, 3.8) is 0 Å². The number of allylic oxidation sites excluding steroid dienone is 1. The second-order valence-electron chi connectivity index (χ2n) is 5.63. The van der Waals surface area contributed by atoms with E-state index in [0.717, 1.165) is 0 Å². The van der Waals surface area contributed by atoms with Crippen LogP contribution in [0.4, 0.5) is 9.52 Å². The summed E-state index contributed by atoms with van der Waals surface area (Å²) >= 11 is 2.54. The lowest BCUT2D eigenvalue weighted by atomic mass is 10.2. The van der Waals surface area contributed by atoms with Gasteiger partial charge < -0.3 is 15.2 Å². The zero-order valence-corrected chi connectivity index (χ0v) is 16.8. The highest BCUT2D eigenvalue weighted by molar-refractivity contribution is 7.99. The Labute approximate surface area is 174 Å². The van der Waals surface area contributed by atoms with Crippen LogP contribution < -0.4 is 10.6 Å². The zero-order valence-electron chi connectivity index (χ0n) is 15.2. The number of carbonyl (C=O) groups excluding carboxylic acids is 2. The van der Waals surface area contributed by atoms with Crippen LogP contribution in [-0.2, 0) is 17.9 Å². The fourth-order valence-corrected chi connectivity index (χ4v) is 3.65. The van der Waals surface area contributed by atoms with E-state index in [-0.39, 0.29) is 23.8 Å². The standard InChI is InChI=1S/C18H17FN6O2S2/c1-2-8-25-14(10-21-16(27)12-5-3-4-6-13(12)19)23-24-18(25)29-11-15(26)22-17-20-7-9-28-17/h2-7,9H,1,8,10-11H2,(H,21,27)(H,20,22,26). The number of amides is 2. The molecule has 0 aliphatic carbocycles. The normalized spacial score (nSPS) is 10.5. The molecule has 1 aromatic carbocycles. The van der Waals surface area contributed by atoms with Crippen molar-refractivity contribution in [1.29, 1.82) is 0 Å². The summed E-state index contributed by atoms with van der Waals surface area (Å²) in [5, 5.41) is 16.3. The van der Waals surface area contributed by atoms with Crippen molar-refractivity contribution in [2.24, 2.45) is 0 Å². The molecule has 3 aromatic rings. The number of hydrogen-bond acceptors (Lipinski definition) is 7. The number of thioether (sulfide) groups is 1. The topological polar surface area (TPSA) is 102 Å². The van der Waals surface area contributed by atoms with Gasteiger partial charge in [0.1, 0.15) is 5.82 Å². The summed E-state index contributed by atoms with van der Waals surface area (Å²) in [6.07, 6.45) is 3.27. The third-order valence-electron chi connectivity index (χ3n) is 3.64.